The topological polar surface area (TPSA) is 83.8 Å². The summed E-state index contributed by atoms with van der Waals surface area (Å²) in [5, 5.41) is 2.10. The van der Waals surface area contributed by atoms with Gasteiger partial charge in [-0.2, -0.15) is 0 Å². The molecule has 10 heteroatoms. The molecule has 30 heavy (non-hydrogen) atoms. The molecule has 1 amide bonds. The van der Waals surface area contributed by atoms with Crippen molar-refractivity contribution in [3.63, 3.8) is 0 Å². The number of anilines is 2. The Balaban J connectivity index is 1.60. The Morgan fingerprint density at radius 3 is 2.10 bits per heavy atom. The first-order valence-electron chi connectivity index (χ1n) is 8.44. The fourth-order valence-corrected chi connectivity index (χ4v) is 2.87. The number of hydrogen-bond acceptors (Lipinski definition) is 3. The van der Waals surface area contributed by atoms with Gasteiger partial charge in [0.1, 0.15) is 11.4 Å². The molecule has 152 valence electrons. The minimum absolute atomic E-state index is 0.0769. The van der Waals surface area contributed by atoms with Gasteiger partial charge in [-0.1, -0.05) is 0 Å². The van der Waals surface area contributed by atoms with Crippen molar-refractivity contribution < 1.29 is 26.7 Å². The van der Waals surface area contributed by atoms with Gasteiger partial charge in [-0.05, 0) is 42.5 Å². The number of nitrogen functional groups attached to an aromatic ring is 1. The maximum Gasteiger partial charge on any atom is 0.261 e. The Bertz CT molecular complexity index is 1270. The Morgan fingerprint density at radius 2 is 1.47 bits per heavy atom. The molecule has 0 atom stereocenters. The van der Waals surface area contributed by atoms with E-state index in [4.69, 9.17) is 5.73 Å². The second-order valence-corrected chi connectivity index (χ2v) is 6.34. The van der Waals surface area contributed by atoms with Crippen molar-refractivity contribution in [2.45, 2.75) is 0 Å². The van der Waals surface area contributed by atoms with E-state index in [1.165, 1.54) is 12.1 Å². The van der Waals surface area contributed by atoms with Gasteiger partial charge in [0.15, 0.2) is 23.3 Å². The van der Waals surface area contributed by atoms with Crippen LogP contribution in [0, 0.1) is 29.1 Å². The van der Waals surface area contributed by atoms with E-state index in [1.807, 2.05) is 0 Å². The molecule has 4 aromatic rings. The summed E-state index contributed by atoms with van der Waals surface area (Å²) in [6.45, 7) is 0. The van der Waals surface area contributed by atoms with Crippen LogP contribution in [0.15, 0.2) is 42.5 Å². The minimum Gasteiger partial charge on any atom is -0.399 e. The molecule has 0 spiro atoms. The van der Waals surface area contributed by atoms with Gasteiger partial charge >= 0.3 is 0 Å². The van der Waals surface area contributed by atoms with Gasteiger partial charge in [-0.15, -0.1) is 0 Å². The zero-order valence-electron chi connectivity index (χ0n) is 14.9. The van der Waals surface area contributed by atoms with Crippen molar-refractivity contribution >= 4 is 28.3 Å². The SMILES string of the molecule is Nc1ccc2nc(-c3ccc(NC(=O)c4c(F)c(F)c(F)c(F)c4F)cc3)[nH]c2c1. The molecule has 1 heterocycles. The first kappa shape index (κ1) is 19.4. The van der Waals surface area contributed by atoms with Gasteiger partial charge in [0.25, 0.3) is 5.91 Å². The lowest BCUT2D eigenvalue weighted by atomic mass is 10.1. The summed E-state index contributed by atoms with van der Waals surface area (Å²) in [5.74, 6) is -12.1. The molecule has 5 nitrogen and oxygen atoms in total. The molecule has 3 aromatic carbocycles. The number of imidazole rings is 1. The molecule has 0 aliphatic carbocycles. The second kappa shape index (κ2) is 7.14. The molecule has 0 saturated heterocycles. The zero-order valence-corrected chi connectivity index (χ0v) is 14.9. The maximum absolute atomic E-state index is 13.8. The number of halogens is 5. The number of hydrogen-bond donors (Lipinski definition) is 3. The Kier molecular flexibility index (Phi) is 4.61. The highest BCUT2D eigenvalue weighted by atomic mass is 19.2. The van der Waals surface area contributed by atoms with Crippen LogP contribution >= 0.6 is 0 Å². The molecular formula is C20H11F5N4O. The maximum atomic E-state index is 13.8. The summed E-state index contributed by atoms with van der Waals surface area (Å²) in [6, 6.07) is 11.0. The molecular weight excluding hydrogens is 407 g/mol. The van der Waals surface area contributed by atoms with Crippen LogP contribution in [0.4, 0.5) is 33.3 Å². The summed E-state index contributed by atoms with van der Waals surface area (Å²) < 4.78 is 67.2. The van der Waals surface area contributed by atoms with Crippen molar-refractivity contribution in [3.8, 4) is 11.4 Å². The highest BCUT2D eigenvalue weighted by molar-refractivity contribution is 6.04. The normalized spacial score (nSPS) is 11.1. The van der Waals surface area contributed by atoms with Crippen molar-refractivity contribution in [2.24, 2.45) is 0 Å². The fourth-order valence-electron chi connectivity index (χ4n) is 2.87. The number of nitrogens with one attached hydrogen (secondary N) is 2. The predicted octanol–water partition coefficient (Wildman–Crippen LogP) is 4.76. The molecule has 4 rings (SSSR count). The molecule has 0 bridgehead atoms. The third-order valence-electron chi connectivity index (χ3n) is 4.36. The highest BCUT2D eigenvalue weighted by Crippen LogP contribution is 2.26. The quantitative estimate of drug-likeness (QED) is 0.194. The summed E-state index contributed by atoms with van der Waals surface area (Å²) in [4.78, 5) is 19.6. The van der Waals surface area contributed by atoms with E-state index in [1.54, 1.807) is 30.3 Å². The number of H-pyrrole nitrogens is 1. The fraction of sp³-hybridized carbons (Fsp3) is 0. The van der Waals surface area contributed by atoms with Crippen LogP contribution in [-0.4, -0.2) is 15.9 Å². The molecule has 0 radical (unpaired) electrons. The number of nitrogens with zero attached hydrogens (tertiary/aromatic N) is 1. The lowest BCUT2D eigenvalue weighted by Crippen LogP contribution is -2.19. The first-order valence-corrected chi connectivity index (χ1v) is 8.44. The van der Waals surface area contributed by atoms with Gasteiger partial charge in [0.2, 0.25) is 5.82 Å². The van der Waals surface area contributed by atoms with E-state index >= 15 is 0 Å². The second-order valence-electron chi connectivity index (χ2n) is 6.34. The van der Waals surface area contributed by atoms with E-state index in [-0.39, 0.29) is 5.69 Å². The summed E-state index contributed by atoms with van der Waals surface area (Å²) in [7, 11) is 0. The van der Waals surface area contributed by atoms with E-state index in [2.05, 4.69) is 15.3 Å². The van der Waals surface area contributed by atoms with Gasteiger partial charge in [0, 0.05) is 16.9 Å². The molecule has 0 unspecified atom stereocenters. The summed E-state index contributed by atoms with van der Waals surface area (Å²) in [6.07, 6.45) is 0. The van der Waals surface area contributed by atoms with Crippen LogP contribution in [0.5, 0.6) is 0 Å². The van der Waals surface area contributed by atoms with Crippen LogP contribution in [-0.2, 0) is 0 Å². The van der Waals surface area contributed by atoms with Crippen LogP contribution < -0.4 is 11.1 Å². The molecule has 1 aromatic heterocycles. The van der Waals surface area contributed by atoms with Crippen molar-refractivity contribution in [1.82, 2.24) is 9.97 Å². The number of benzene rings is 3. The molecule has 0 saturated carbocycles. The van der Waals surface area contributed by atoms with Crippen LogP contribution in [0.2, 0.25) is 0 Å². The number of rotatable bonds is 3. The number of nitrogens with two attached hydrogens (primary N) is 1. The van der Waals surface area contributed by atoms with Gasteiger partial charge in [-0.3, -0.25) is 4.79 Å². The minimum atomic E-state index is -2.33. The van der Waals surface area contributed by atoms with E-state index in [0.717, 1.165) is 0 Å². The van der Waals surface area contributed by atoms with Gasteiger partial charge in [-0.25, -0.2) is 26.9 Å². The van der Waals surface area contributed by atoms with Crippen LogP contribution in [0.3, 0.4) is 0 Å². The smallest absolute Gasteiger partial charge is 0.261 e. The number of fused-ring (bicyclic) bond motifs is 1. The first-order chi connectivity index (χ1) is 14.3. The molecule has 0 aliphatic rings. The Hall–Kier alpha value is -3.95. The van der Waals surface area contributed by atoms with Crippen molar-refractivity contribution in [1.29, 1.82) is 0 Å². The van der Waals surface area contributed by atoms with Crippen LogP contribution in [0.1, 0.15) is 10.4 Å². The summed E-state index contributed by atoms with van der Waals surface area (Å²) in [5.41, 5.74) is 6.82. The van der Waals surface area contributed by atoms with E-state index < -0.39 is 40.6 Å². The third-order valence-corrected chi connectivity index (χ3v) is 4.36. The Labute approximate surface area is 165 Å². The predicted molar refractivity (Wildman–Crippen MR) is 100 cm³/mol. The van der Waals surface area contributed by atoms with Gasteiger partial charge in [0.05, 0.1) is 11.0 Å². The standard InChI is InChI=1S/C20H11F5N4O/c21-14-13(15(22)17(24)18(25)16(14)23)20(30)27-10-4-1-8(2-5-10)19-28-11-6-3-9(26)7-12(11)29-19/h1-7H,26H2,(H,27,30)(H,28,29). The highest BCUT2D eigenvalue weighted by Gasteiger charge is 2.29. The van der Waals surface area contributed by atoms with Crippen LogP contribution in [0.25, 0.3) is 22.4 Å². The number of aromatic amines is 1. The van der Waals surface area contributed by atoms with Gasteiger partial charge < -0.3 is 16.0 Å². The van der Waals surface area contributed by atoms with Crippen molar-refractivity contribution in [2.75, 3.05) is 11.1 Å². The third kappa shape index (κ3) is 3.21. The zero-order chi connectivity index (χ0) is 21.6. The number of carbonyl (C=O) groups excluding carboxylic acids is 1. The van der Waals surface area contributed by atoms with E-state index in [9.17, 15) is 26.7 Å². The number of amides is 1. The average molecular weight is 418 g/mol. The average Bonchev–Trinajstić information content (AvgIpc) is 3.14. The lowest BCUT2D eigenvalue weighted by Gasteiger charge is -2.09. The molecule has 0 aliphatic heterocycles. The molecule has 4 N–H and O–H groups in total. The Morgan fingerprint density at radius 1 is 0.867 bits per heavy atom. The summed E-state index contributed by atoms with van der Waals surface area (Å²) >= 11 is 0. The van der Waals surface area contributed by atoms with E-state index in [0.29, 0.717) is 28.1 Å². The van der Waals surface area contributed by atoms with Crippen molar-refractivity contribution in [3.05, 3.63) is 77.1 Å². The number of carbonyl (C=O) groups is 1. The lowest BCUT2D eigenvalue weighted by molar-refractivity contribution is 0.101. The molecule has 0 fully saturated rings. The largest absolute Gasteiger partial charge is 0.399 e. The monoisotopic (exact) mass is 418 g/mol. The number of aromatic nitrogens is 2.